The first-order valence-corrected chi connectivity index (χ1v) is 19.3. The first-order valence-electron chi connectivity index (χ1n) is 18.5. The Kier molecular flexibility index (Phi) is 7.11. The molecular formula is C52H33NS. The highest BCUT2D eigenvalue weighted by Gasteiger charge is 2.20. The number of fused-ring (bicyclic) bond motifs is 8. The molecule has 0 amide bonds. The van der Waals surface area contributed by atoms with Gasteiger partial charge >= 0.3 is 0 Å². The van der Waals surface area contributed by atoms with Crippen molar-refractivity contribution >= 4 is 91.7 Å². The van der Waals surface area contributed by atoms with Gasteiger partial charge in [0.1, 0.15) is 0 Å². The Hall–Kier alpha value is -6.74. The predicted molar refractivity (Wildman–Crippen MR) is 235 cm³/mol. The van der Waals surface area contributed by atoms with Crippen LogP contribution in [0, 0.1) is 0 Å². The first-order chi connectivity index (χ1) is 26.8. The van der Waals surface area contributed by atoms with Crippen molar-refractivity contribution in [1.29, 1.82) is 0 Å². The van der Waals surface area contributed by atoms with E-state index in [0.717, 1.165) is 17.1 Å². The molecule has 0 aliphatic carbocycles. The van der Waals surface area contributed by atoms with Gasteiger partial charge in [-0.15, -0.1) is 11.3 Å². The third-order valence-corrected chi connectivity index (χ3v) is 12.2. The fourth-order valence-corrected chi connectivity index (χ4v) is 9.69. The van der Waals surface area contributed by atoms with Crippen LogP contribution in [0.25, 0.3) is 85.5 Å². The molecule has 0 N–H and O–H groups in total. The molecule has 11 rings (SSSR count). The summed E-state index contributed by atoms with van der Waals surface area (Å²) in [7, 11) is 0. The zero-order valence-electron chi connectivity index (χ0n) is 29.4. The molecule has 11 aromatic rings. The van der Waals surface area contributed by atoms with Gasteiger partial charge in [-0.2, -0.15) is 0 Å². The molecule has 0 radical (unpaired) electrons. The Morgan fingerprint density at radius 1 is 0.315 bits per heavy atom. The summed E-state index contributed by atoms with van der Waals surface area (Å²) in [5, 5.41) is 12.7. The second-order valence-electron chi connectivity index (χ2n) is 14.1. The Morgan fingerprint density at radius 3 is 1.74 bits per heavy atom. The molecule has 0 aliphatic heterocycles. The number of benzene rings is 10. The number of hydrogen-bond donors (Lipinski definition) is 0. The van der Waals surface area contributed by atoms with Gasteiger partial charge in [-0.05, 0) is 102 Å². The molecule has 10 aromatic carbocycles. The average Bonchev–Trinajstić information content (AvgIpc) is 3.60. The summed E-state index contributed by atoms with van der Waals surface area (Å²) in [5.41, 5.74) is 8.27. The zero-order chi connectivity index (χ0) is 35.6. The van der Waals surface area contributed by atoms with E-state index in [1.54, 1.807) is 0 Å². The van der Waals surface area contributed by atoms with Crippen molar-refractivity contribution < 1.29 is 0 Å². The maximum Gasteiger partial charge on any atom is 0.0540 e. The molecule has 1 aromatic heterocycles. The van der Waals surface area contributed by atoms with E-state index in [1.807, 2.05) is 11.3 Å². The lowest BCUT2D eigenvalue weighted by Gasteiger charge is -2.28. The number of thiophene rings is 1. The van der Waals surface area contributed by atoms with Crippen molar-refractivity contribution in [3.63, 3.8) is 0 Å². The molecule has 0 saturated heterocycles. The fraction of sp³-hybridized carbons (Fsp3) is 0. The molecule has 0 saturated carbocycles. The SMILES string of the molecule is c1ccc(N(c2ccc(-c3cccc4c3sc3cc5ccccc5cc34)cc2)c2ccc3c(ccc4ccccc43)c2)c(-c2cccc3ccccc23)c1. The molecule has 0 atom stereocenters. The largest absolute Gasteiger partial charge is 0.310 e. The van der Waals surface area contributed by atoms with Crippen LogP contribution in [0.4, 0.5) is 17.1 Å². The quantitative estimate of drug-likeness (QED) is 0.161. The van der Waals surface area contributed by atoms with Gasteiger partial charge in [0.25, 0.3) is 0 Å². The molecule has 0 spiro atoms. The predicted octanol–water partition coefficient (Wildman–Crippen LogP) is 15.5. The van der Waals surface area contributed by atoms with Crippen LogP contribution in [0.2, 0.25) is 0 Å². The van der Waals surface area contributed by atoms with Gasteiger partial charge in [0.15, 0.2) is 0 Å². The Balaban J connectivity index is 1.09. The third kappa shape index (κ3) is 4.99. The summed E-state index contributed by atoms with van der Waals surface area (Å²) in [5.74, 6) is 0. The smallest absolute Gasteiger partial charge is 0.0540 e. The molecule has 1 nitrogen and oxygen atoms in total. The van der Waals surface area contributed by atoms with Crippen LogP contribution in [0.1, 0.15) is 0 Å². The Bertz CT molecular complexity index is 3220. The molecule has 0 fully saturated rings. The van der Waals surface area contributed by atoms with E-state index in [1.165, 1.54) is 85.5 Å². The highest BCUT2D eigenvalue weighted by molar-refractivity contribution is 7.26. The maximum atomic E-state index is 2.43. The van der Waals surface area contributed by atoms with Gasteiger partial charge in [-0.1, -0.05) is 158 Å². The van der Waals surface area contributed by atoms with Gasteiger partial charge in [0.05, 0.1) is 5.69 Å². The highest BCUT2D eigenvalue weighted by Crippen LogP contribution is 2.45. The Morgan fingerprint density at radius 2 is 0.889 bits per heavy atom. The summed E-state index contributed by atoms with van der Waals surface area (Å²) < 4.78 is 2.66. The maximum absolute atomic E-state index is 2.43. The third-order valence-electron chi connectivity index (χ3n) is 11.0. The van der Waals surface area contributed by atoms with E-state index in [2.05, 4.69) is 205 Å². The van der Waals surface area contributed by atoms with E-state index >= 15 is 0 Å². The summed E-state index contributed by atoms with van der Waals surface area (Å²) in [6.07, 6.45) is 0. The topological polar surface area (TPSA) is 3.24 Å². The minimum atomic E-state index is 1.11. The number of nitrogens with zero attached hydrogens (tertiary/aromatic N) is 1. The highest BCUT2D eigenvalue weighted by atomic mass is 32.1. The normalized spacial score (nSPS) is 11.7. The van der Waals surface area contributed by atoms with Crippen LogP contribution < -0.4 is 4.90 Å². The van der Waals surface area contributed by atoms with Crippen molar-refractivity contribution in [2.45, 2.75) is 0 Å². The van der Waals surface area contributed by atoms with Crippen LogP contribution >= 0.6 is 11.3 Å². The van der Waals surface area contributed by atoms with Gasteiger partial charge in [0, 0.05) is 37.1 Å². The van der Waals surface area contributed by atoms with Crippen LogP contribution in [0.3, 0.4) is 0 Å². The zero-order valence-corrected chi connectivity index (χ0v) is 30.2. The minimum absolute atomic E-state index is 1.11. The lowest BCUT2D eigenvalue weighted by molar-refractivity contribution is 1.29. The van der Waals surface area contributed by atoms with E-state index in [4.69, 9.17) is 0 Å². The van der Waals surface area contributed by atoms with Gasteiger partial charge in [-0.3, -0.25) is 0 Å². The van der Waals surface area contributed by atoms with E-state index in [9.17, 15) is 0 Å². The van der Waals surface area contributed by atoms with Crippen LogP contribution in [-0.4, -0.2) is 0 Å². The van der Waals surface area contributed by atoms with Crippen LogP contribution in [0.15, 0.2) is 200 Å². The number of rotatable bonds is 5. The molecule has 2 heteroatoms. The molecule has 54 heavy (non-hydrogen) atoms. The average molecular weight is 704 g/mol. The van der Waals surface area contributed by atoms with E-state index in [0.29, 0.717) is 0 Å². The van der Waals surface area contributed by atoms with E-state index < -0.39 is 0 Å². The van der Waals surface area contributed by atoms with E-state index in [-0.39, 0.29) is 0 Å². The van der Waals surface area contributed by atoms with Gasteiger partial charge in [0.2, 0.25) is 0 Å². The number of para-hydroxylation sites is 1. The summed E-state index contributed by atoms with van der Waals surface area (Å²) in [6, 6.07) is 73.5. The number of hydrogen-bond acceptors (Lipinski definition) is 2. The second-order valence-corrected chi connectivity index (χ2v) is 15.2. The van der Waals surface area contributed by atoms with Gasteiger partial charge in [-0.25, -0.2) is 0 Å². The van der Waals surface area contributed by atoms with Crippen LogP contribution in [0.5, 0.6) is 0 Å². The number of anilines is 3. The minimum Gasteiger partial charge on any atom is -0.310 e. The Labute approximate surface area is 317 Å². The standard InChI is InChI=1S/C52H33NS/c1-2-14-38-33-51-49(32-37(38)13-1)48-21-10-19-45(52(48)54-51)36-25-27-40(28-26-36)53(41-29-30-44-39(31-41)24-23-35-12-4-5-16-42(35)44)50-22-8-7-18-47(50)46-20-9-15-34-11-3-6-17-43(34)46/h1-33H. The lowest BCUT2D eigenvalue weighted by Crippen LogP contribution is -2.11. The lowest BCUT2D eigenvalue weighted by atomic mass is 9.95. The summed E-state index contributed by atoms with van der Waals surface area (Å²) >= 11 is 1.89. The van der Waals surface area contributed by atoms with Crippen molar-refractivity contribution in [3.05, 3.63) is 200 Å². The van der Waals surface area contributed by atoms with Crippen molar-refractivity contribution in [2.75, 3.05) is 4.90 Å². The van der Waals surface area contributed by atoms with Crippen LogP contribution in [-0.2, 0) is 0 Å². The molecule has 252 valence electrons. The van der Waals surface area contributed by atoms with Crippen molar-refractivity contribution in [3.8, 4) is 22.3 Å². The molecule has 0 unspecified atom stereocenters. The first kappa shape index (κ1) is 30.8. The second kappa shape index (κ2) is 12.4. The van der Waals surface area contributed by atoms with Gasteiger partial charge < -0.3 is 4.90 Å². The summed E-state index contributed by atoms with van der Waals surface area (Å²) in [6.45, 7) is 0. The molecule has 1 heterocycles. The molecule has 0 aliphatic rings. The fourth-order valence-electron chi connectivity index (χ4n) is 8.42. The van der Waals surface area contributed by atoms with Crippen molar-refractivity contribution in [1.82, 2.24) is 0 Å². The molecule has 0 bridgehead atoms. The summed E-state index contributed by atoms with van der Waals surface area (Å²) in [4.78, 5) is 2.43. The van der Waals surface area contributed by atoms with Crippen molar-refractivity contribution in [2.24, 2.45) is 0 Å². The molecular weight excluding hydrogens is 671 g/mol. The monoisotopic (exact) mass is 703 g/mol.